The summed E-state index contributed by atoms with van der Waals surface area (Å²) >= 11 is 5.97. The summed E-state index contributed by atoms with van der Waals surface area (Å²) in [7, 11) is 1.43. The second-order valence-corrected chi connectivity index (χ2v) is 9.55. The maximum absolute atomic E-state index is 14.0. The highest BCUT2D eigenvalue weighted by molar-refractivity contribution is 6.29. The lowest BCUT2D eigenvalue weighted by Gasteiger charge is -2.38. The average Bonchev–Trinajstić information content (AvgIpc) is 3.51. The molecule has 19 heteroatoms. The van der Waals surface area contributed by atoms with Crippen LogP contribution in [0, 0.1) is 0 Å². The molecule has 42 heavy (non-hydrogen) atoms. The molecule has 222 valence electrons. The Labute approximate surface area is 237 Å². The number of fused-ring (bicyclic) bond motifs is 1. The molecular weight excluding hydrogens is 595 g/mol. The van der Waals surface area contributed by atoms with Gasteiger partial charge in [0.1, 0.15) is 5.56 Å². The van der Waals surface area contributed by atoms with E-state index in [1.807, 2.05) is 0 Å². The van der Waals surface area contributed by atoms with Gasteiger partial charge < -0.3 is 25.6 Å². The number of nitrogens with zero attached hydrogens (tertiary/aromatic N) is 7. The largest absolute Gasteiger partial charge is 0.420 e. The van der Waals surface area contributed by atoms with Gasteiger partial charge in [0.2, 0.25) is 0 Å². The third-order valence-electron chi connectivity index (χ3n) is 6.09. The summed E-state index contributed by atoms with van der Waals surface area (Å²) in [5.41, 5.74) is -0.701. The zero-order valence-electron chi connectivity index (χ0n) is 21.6. The molecule has 1 saturated heterocycles. The summed E-state index contributed by atoms with van der Waals surface area (Å²) in [5.74, 6) is -3.64. The Balaban J connectivity index is 1.35. The number of urea groups is 2. The second kappa shape index (κ2) is 10.7. The van der Waals surface area contributed by atoms with Crippen molar-refractivity contribution in [2.45, 2.75) is 25.1 Å². The van der Waals surface area contributed by atoms with Crippen LogP contribution in [0.3, 0.4) is 0 Å². The number of pyridine rings is 1. The molecule has 4 aromatic heterocycles. The number of likely N-dealkylation sites (tertiary alicyclic amines) is 1. The van der Waals surface area contributed by atoms with Crippen molar-refractivity contribution in [2.75, 3.05) is 36.1 Å². The summed E-state index contributed by atoms with van der Waals surface area (Å²) in [5, 5.41) is 15.1. The van der Waals surface area contributed by atoms with Gasteiger partial charge in [0.05, 0.1) is 66.7 Å². The van der Waals surface area contributed by atoms with Crippen molar-refractivity contribution in [3.05, 3.63) is 53.3 Å². The number of methoxy groups -OCH3 is 1. The van der Waals surface area contributed by atoms with E-state index in [0.717, 1.165) is 28.2 Å². The SMILES string of the molecule is CO[C@@H](C)c1c(NC(=O)Nc2cnc(-n3cc(NC(=O)N4CC(F)(F)C4)cn3)c(C(F)(F)F)c2)cnc2cc(Cl)nn12. The van der Waals surface area contributed by atoms with E-state index in [1.54, 1.807) is 6.92 Å². The fourth-order valence-corrected chi connectivity index (χ4v) is 4.26. The minimum absolute atomic E-state index is 0.0446. The minimum Gasteiger partial charge on any atom is -0.375 e. The Morgan fingerprint density at radius 2 is 1.81 bits per heavy atom. The Kier molecular flexibility index (Phi) is 7.35. The number of carbonyl (C=O) groups is 2. The highest BCUT2D eigenvalue weighted by Crippen LogP contribution is 2.35. The molecule has 1 fully saturated rings. The molecule has 3 N–H and O–H groups in total. The molecule has 0 saturated carbocycles. The fourth-order valence-electron chi connectivity index (χ4n) is 4.09. The molecule has 4 aromatic rings. The predicted octanol–water partition coefficient (Wildman–Crippen LogP) is 4.82. The van der Waals surface area contributed by atoms with Gasteiger partial charge >= 0.3 is 18.2 Å². The molecule has 5 heterocycles. The van der Waals surface area contributed by atoms with E-state index in [0.29, 0.717) is 17.4 Å². The quantitative estimate of drug-likeness (QED) is 0.264. The molecule has 0 aromatic carbocycles. The van der Waals surface area contributed by atoms with Crippen molar-refractivity contribution in [3.63, 3.8) is 0 Å². The van der Waals surface area contributed by atoms with Crippen molar-refractivity contribution in [2.24, 2.45) is 0 Å². The molecular formula is C23H20ClF5N10O3. The van der Waals surface area contributed by atoms with Gasteiger partial charge in [0, 0.05) is 13.2 Å². The van der Waals surface area contributed by atoms with Crippen molar-refractivity contribution < 1.29 is 36.3 Å². The number of hydrogen-bond acceptors (Lipinski definition) is 7. The van der Waals surface area contributed by atoms with Gasteiger partial charge in [-0.05, 0) is 13.0 Å². The number of rotatable bonds is 6. The van der Waals surface area contributed by atoms with Crippen molar-refractivity contribution in [3.8, 4) is 5.82 Å². The lowest BCUT2D eigenvalue weighted by molar-refractivity contribution is -0.137. The van der Waals surface area contributed by atoms with E-state index >= 15 is 0 Å². The fraction of sp³-hybridized carbons (Fsp3) is 0.304. The highest BCUT2D eigenvalue weighted by Gasteiger charge is 2.46. The normalized spacial score (nSPS) is 15.3. The smallest absolute Gasteiger partial charge is 0.375 e. The van der Waals surface area contributed by atoms with Crippen molar-refractivity contribution >= 4 is 46.4 Å². The number of ether oxygens (including phenoxy) is 1. The summed E-state index contributed by atoms with van der Waals surface area (Å²) in [4.78, 5) is 33.6. The van der Waals surface area contributed by atoms with Gasteiger partial charge in [0.15, 0.2) is 16.6 Å². The summed E-state index contributed by atoms with van der Waals surface area (Å²) < 4.78 is 75.4. The van der Waals surface area contributed by atoms with E-state index in [2.05, 4.69) is 36.1 Å². The topological polar surface area (TPSA) is 144 Å². The van der Waals surface area contributed by atoms with Crippen molar-refractivity contribution in [1.29, 1.82) is 0 Å². The minimum atomic E-state index is -4.93. The van der Waals surface area contributed by atoms with Crippen LogP contribution >= 0.6 is 11.6 Å². The average molecular weight is 615 g/mol. The lowest BCUT2D eigenvalue weighted by atomic mass is 10.2. The van der Waals surface area contributed by atoms with Crippen LogP contribution < -0.4 is 16.0 Å². The van der Waals surface area contributed by atoms with Gasteiger partial charge in [-0.25, -0.2) is 37.5 Å². The standard InChI is InChI=1S/C23H20ClF5N10O3/c1-11(42-2)18-15(7-30-17-4-16(24)36-39(17)18)35-20(40)33-12-3-14(23(27,28)29)19(31-5-12)38-8-13(6-32-38)34-21(41)37-9-22(25,26)10-37/h3-8,11H,9-10H2,1-2H3,(H,34,41)(H2,33,35,40)/t11-/m0/s1. The molecule has 0 radical (unpaired) electrons. The molecule has 1 aliphatic rings. The predicted molar refractivity (Wildman–Crippen MR) is 138 cm³/mol. The number of nitrogens with one attached hydrogen (secondary N) is 3. The van der Waals surface area contributed by atoms with Crippen LogP contribution in [0.5, 0.6) is 0 Å². The van der Waals surface area contributed by atoms with Gasteiger partial charge in [-0.2, -0.15) is 23.4 Å². The molecule has 0 aliphatic carbocycles. The molecule has 0 bridgehead atoms. The first-order valence-corrected chi connectivity index (χ1v) is 12.3. The molecule has 0 spiro atoms. The van der Waals surface area contributed by atoms with Gasteiger partial charge in [-0.3, -0.25) is 0 Å². The number of alkyl halides is 5. The van der Waals surface area contributed by atoms with Gasteiger partial charge in [-0.1, -0.05) is 11.6 Å². The van der Waals surface area contributed by atoms with E-state index in [9.17, 15) is 31.5 Å². The number of aromatic nitrogens is 6. The molecule has 13 nitrogen and oxygen atoms in total. The monoisotopic (exact) mass is 614 g/mol. The van der Waals surface area contributed by atoms with E-state index in [-0.39, 0.29) is 22.2 Å². The van der Waals surface area contributed by atoms with Crippen LogP contribution in [0.1, 0.15) is 24.3 Å². The van der Waals surface area contributed by atoms with Crippen LogP contribution in [0.25, 0.3) is 11.5 Å². The number of hydrogen-bond donors (Lipinski definition) is 3. The summed E-state index contributed by atoms with van der Waals surface area (Å²) in [6.07, 6.45) is -1.15. The van der Waals surface area contributed by atoms with Crippen molar-refractivity contribution in [1.82, 2.24) is 34.3 Å². The third-order valence-corrected chi connectivity index (χ3v) is 6.27. The van der Waals surface area contributed by atoms with Gasteiger partial charge in [0.25, 0.3) is 5.92 Å². The van der Waals surface area contributed by atoms with Crippen LogP contribution in [0.2, 0.25) is 5.15 Å². The molecule has 4 amide bonds. The number of halogens is 6. The number of amides is 4. The van der Waals surface area contributed by atoms with E-state index in [1.165, 1.54) is 23.9 Å². The van der Waals surface area contributed by atoms with E-state index in [4.69, 9.17) is 16.3 Å². The van der Waals surface area contributed by atoms with Crippen LogP contribution in [-0.2, 0) is 10.9 Å². The summed E-state index contributed by atoms with van der Waals surface area (Å²) in [6.45, 7) is 0.135. The maximum Gasteiger partial charge on any atom is 0.420 e. The molecule has 1 atom stereocenters. The summed E-state index contributed by atoms with van der Waals surface area (Å²) in [6, 6.07) is 0.371. The Hall–Kier alpha value is -4.58. The lowest BCUT2D eigenvalue weighted by Crippen LogP contribution is -2.59. The van der Waals surface area contributed by atoms with Crippen LogP contribution in [-0.4, -0.2) is 72.4 Å². The first kappa shape index (κ1) is 28.9. The first-order valence-electron chi connectivity index (χ1n) is 11.9. The second-order valence-electron chi connectivity index (χ2n) is 9.16. The molecule has 5 rings (SSSR count). The highest BCUT2D eigenvalue weighted by atomic mass is 35.5. The first-order chi connectivity index (χ1) is 19.7. The number of carbonyl (C=O) groups excluding carboxylic acids is 2. The Morgan fingerprint density at radius 3 is 2.48 bits per heavy atom. The van der Waals surface area contributed by atoms with E-state index < -0.39 is 54.7 Å². The Bertz CT molecular complexity index is 1670. The molecule has 1 aliphatic heterocycles. The van der Waals surface area contributed by atoms with Crippen LogP contribution in [0.4, 0.5) is 48.6 Å². The number of anilines is 3. The third kappa shape index (κ3) is 5.89. The van der Waals surface area contributed by atoms with Crippen LogP contribution in [0.15, 0.2) is 36.9 Å². The molecule has 0 unspecified atom stereocenters. The zero-order valence-corrected chi connectivity index (χ0v) is 22.3. The maximum atomic E-state index is 14.0. The van der Waals surface area contributed by atoms with Gasteiger partial charge in [-0.15, -0.1) is 0 Å². The zero-order chi connectivity index (χ0) is 30.4. The Morgan fingerprint density at radius 1 is 1.07 bits per heavy atom.